The van der Waals surface area contributed by atoms with Gasteiger partial charge in [-0.25, -0.2) is 16.8 Å². The number of aromatic nitrogens is 1. The summed E-state index contributed by atoms with van der Waals surface area (Å²) in [5, 5.41) is 1.87. The number of rotatable bonds is 5. The van der Waals surface area contributed by atoms with Crippen molar-refractivity contribution in [3.05, 3.63) is 72.9 Å². The van der Waals surface area contributed by atoms with Gasteiger partial charge in [0.1, 0.15) is 4.90 Å². The Morgan fingerprint density at radius 2 is 1.46 bits per heavy atom. The van der Waals surface area contributed by atoms with Gasteiger partial charge < -0.3 is 0 Å². The summed E-state index contributed by atoms with van der Waals surface area (Å²) < 4.78 is 53.2. The monoisotopic (exact) mass is 413 g/mol. The van der Waals surface area contributed by atoms with Crippen molar-refractivity contribution in [2.75, 3.05) is 9.44 Å². The zero-order valence-corrected chi connectivity index (χ0v) is 16.1. The molecular formula is C19H15N3O4S2. The first-order valence-corrected chi connectivity index (χ1v) is 10.9. The summed E-state index contributed by atoms with van der Waals surface area (Å²) in [5.74, 6) is 0. The minimum atomic E-state index is -3.92. The number of nitrogens with zero attached hydrogens (tertiary/aromatic N) is 1. The first-order chi connectivity index (χ1) is 13.5. The maximum atomic E-state index is 13.1. The highest BCUT2D eigenvalue weighted by Crippen LogP contribution is 2.32. The SMILES string of the molecule is O=[SH](=O)Nc1ccc(NS(=O)(=O)c2cccc3cccnc23)c2ccccc12. The molecule has 0 amide bonds. The Bertz CT molecular complexity index is 1370. The number of thiol groups is 1. The van der Waals surface area contributed by atoms with Crippen LogP contribution in [0.5, 0.6) is 0 Å². The highest BCUT2D eigenvalue weighted by Gasteiger charge is 2.19. The zero-order chi connectivity index (χ0) is 19.7. The number of anilines is 2. The largest absolute Gasteiger partial charge is 0.285 e. The molecule has 1 aromatic heterocycles. The molecule has 0 atom stereocenters. The van der Waals surface area contributed by atoms with Gasteiger partial charge in [0.15, 0.2) is 0 Å². The summed E-state index contributed by atoms with van der Waals surface area (Å²) in [6.07, 6.45) is 1.54. The van der Waals surface area contributed by atoms with Crippen LogP contribution in [0, 0.1) is 0 Å². The Morgan fingerprint density at radius 3 is 2.21 bits per heavy atom. The van der Waals surface area contributed by atoms with Crippen molar-refractivity contribution in [1.29, 1.82) is 0 Å². The lowest BCUT2D eigenvalue weighted by molar-refractivity contribution is 0.601. The molecule has 9 heteroatoms. The van der Waals surface area contributed by atoms with E-state index in [4.69, 9.17) is 0 Å². The average molecular weight is 413 g/mol. The van der Waals surface area contributed by atoms with Gasteiger partial charge in [-0.05, 0) is 24.3 Å². The lowest BCUT2D eigenvalue weighted by Gasteiger charge is -2.14. The van der Waals surface area contributed by atoms with Gasteiger partial charge in [-0.15, -0.1) is 0 Å². The maximum Gasteiger partial charge on any atom is 0.264 e. The summed E-state index contributed by atoms with van der Waals surface area (Å²) in [5.41, 5.74) is 1.10. The first-order valence-electron chi connectivity index (χ1n) is 8.25. The summed E-state index contributed by atoms with van der Waals surface area (Å²) in [6, 6.07) is 18.5. The number of benzene rings is 3. The number of nitrogens with one attached hydrogen (secondary N) is 2. The lowest BCUT2D eigenvalue weighted by atomic mass is 10.1. The van der Waals surface area contributed by atoms with Gasteiger partial charge in [-0.1, -0.05) is 42.5 Å². The minimum absolute atomic E-state index is 0.0690. The molecule has 4 rings (SSSR count). The average Bonchev–Trinajstić information content (AvgIpc) is 2.69. The van der Waals surface area contributed by atoms with Gasteiger partial charge in [-0.2, -0.15) is 0 Å². The first kappa shape index (κ1) is 18.2. The molecule has 0 unspecified atom stereocenters. The van der Waals surface area contributed by atoms with Crippen LogP contribution >= 0.6 is 0 Å². The standard InChI is InChI=1S/C19H15N3O4S2/c23-27(24)21-16-10-11-17(15-8-2-1-7-14(15)16)22-28(25,26)18-9-3-5-13-6-4-12-20-19(13)18/h1-12,22,27H,(H,21,23,24). The van der Waals surface area contributed by atoms with E-state index < -0.39 is 20.9 Å². The Hall–Kier alpha value is -3.17. The molecule has 0 saturated carbocycles. The van der Waals surface area contributed by atoms with Crippen LogP contribution in [0.3, 0.4) is 0 Å². The highest BCUT2D eigenvalue weighted by atomic mass is 32.2. The Kier molecular flexibility index (Phi) is 4.62. The molecule has 2 N–H and O–H groups in total. The molecule has 0 aliphatic rings. The highest BCUT2D eigenvalue weighted by molar-refractivity contribution is 7.93. The number of sulfonamides is 1. The van der Waals surface area contributed by atoms with Crippen molar-refractivity contribution in [2.45, 2.75) is 4.90 Å². The van der Waals surface area contributed by atoms with E-state index in [1.165, 1.54) is 18.2 Å². The molecule has 0 spiro atoms. The number of hydrogen-bond donors (Lipinski definition) is 3. The zero-order valence-electron chi connectivity index (χ0n) is 14.4. The smallest absolute Gasteiger partial charge is 0.264 e. The number of hydrogen-bond acceptors (Lipinski definition) is 5. The van der Waals surface area contributed by atoms with E-state index in [0.29, 0.717) is 33.1 Å². The van der Waals surface area contributed by atoms with Crippen LogP contribution in [0.2, 0.25) is 0 Å². The fourth-order valence-electron chi connectivity index (χ4n) is 3.08. The number of fused-ring (bicyclic) bond motifs is 2. The normalized spacial score (nSPS) is 11.8. The molecular weight excluding hydrogens is 398 g/mol. The third-order valence-corrected chi connectivity index (χ3v) is 6.09. The predicted molar refractivity (Wildman–Crippen MR) is 110 cm³/mol. The number of pyridine rings is 1. The van der Waals surface area contributed by atoms with E-state index in [1.54, 1.807) is 54.7 Å². The second-order valence-corrected chi connectivity index (χ2v) is 8.40. The van der Waals surface area contributed by atoms with Crippen LogP contribution in [0.4, 0.5) is 11.4 Å². The van der Waals surface area contributed by atoms with E-state index in [-0.39, 0.29) is 4.90 Å². The van der Waals surface area contributed by atoms with Crippen LogP contribution in [0.1, 0.15) is 0 Å². The molecule has 0 aliphatic carbocycles. The van der Waals surface area contributed by atoms with Crippen molar-refractivity contribution in [3.8, 4) is 0 Å². The van der Waals surface area contributed by atoms with Crippen molar-refractivity contribution >= 4 is 54.0 Å². The van der Waals surface area contributed by atoms with Gasteiger partial charge in [0.2, 0.25) is 10.9 Å². The van der Waals surface area contributed by atoms with E-state index in [1.807, 2.05) is 0 Å². The topological polar surface area (TPSA) is 105 Å². The molecule has 7 nitrogen and oxygen atoms in total. The minimum Gasteiger partial charge on any atom is -0.285 e. The van der Waals surface area contributed by atoms with Crippen molar-refractivity contribution in [1.82, 2.24) is 4.98 Å². The van der Waals surface area contributed by atoms with E-state index in [9.17, 15) is 16.8 Å². The second kappa shape index (κ2) is 7.10. The molecule has 0 fully saturated rings. The Labute approximate surface area is 163 Å². The van der Waals surface area contributed by atoms with E-state index in [0.717, 1.165) is 0 Å². The van der Waals surface area contributed by atoms with Crippen LogP contribution in [0.25, 0.3) is 21.7 Å². The second-order valence-electron chi connectivity index (χ2n) is 6.01. The molecule has 0 radical (unpaired) electrons. The summed E-state index contributed by atoms with van der Waals surface area (Å²) >= 11 is 0. The van der Waals surface area contributed by atoms with E-state index in [2.05, 4.69) is 14.4 Å². The predicted octanol–water partition coefficient (Wildman–Crippen LogP) is 3.13. The van der Waals surface area contributed by atoms with Gasteiger partial charge in [0, 0.05) is 22.4 Å². The molecule has 1 heterocycles. The van der Waals surface area contributed by atoms with Crippen LogP contribution in [-0.2, 0) is 20.9 Å². The summed E-state index contributed by atoms with van der Waals surface area (Å²) in [7, 11) is -6.76. The molecule has 0 aliphatic heterocycles. The summed E-state index contributed by atoms with van der Waals surface area (Å²) in [4.78, 5) is 4.27. The van der Waals surface area contributed by atoms with Crippen LogP contribution in [0.15, 0.2) is 77.8 Å². The van der Waals surface area contributed by atoms with Crippen LogP contribution in [-0.4, -0.2) is 21.8 Å². The third-order valence-electron chi connectivity index (χ3n) is 4.27. The molecule has 28 heavy (non-hydrogen) atoms. The molecule has 4 aromatic rings. The van der Waals surface area contributed by atoms with Gasteiger partial charge >= 0.3 is 0 Å². The molecule has 3 aromatic carbocycles. The maximum absolute atomic E-state index is 13.1. The number of para-hydroxylation sites is 1. The van der Waals surface area contributed by atoms with Crippen molar-refractivity contribution < 1.29 is 16.8 Å². The Morgan fingerprint density at radius 1 is 0.786 bits per heavy atom. The molecule has 0 saturated heterocycles. The van der Waals surface area contributed by atoms with Gasteiger partial charge in [-0.3, -0.25) is 14.4 Å². The lowest BCUT2D eigenvalue weighted by Crippen LogP contribution is -2.14. The van der Waals surface area contributed by atoms with E-state index >= 15 is 0 Å². The van der Waals surface area contributed by atoms with Crippen molar-refractivity contribution in [2.24, 2.45) is 0 Å². The van der Waals surface area contributed by atoms with Crippen LogP contribution < -0.4 is 9.44 Å². The van der Waals surface area contributed by atoms with Gasteiger partial charge in [0.05, 0.1) is 16.9 Å². The Balaban J connectivity index is 1.83. The molecule has 142 valence electrons. The van der Waals surface area contributed by atoms with Crippen molar-refractivity contribution in [3.63, 3.8) is 0 Å². The summed E-state index contributed by atoms with van der Waals surface area (Å²) in [6.45, 7) is 0. The third kappa shape index (κ3) is 3.37. The fourth-order valence-corrected chi connectivity index (χ4v) is 4.73. The molecule has 0 bridgehead atoms. The quantitative estimate of drug-likeness (QED) is 0.436. The van der Waals surface area contributed by atoms with Gasteiger partial charge in [0.25, 0.3) is 10.0 Å². The fraction of sp³-hybridized carbons (Fsp3) is 0.